The van der Waals surface area contributed by atoms with Crippen LogP contribution in [0, 0.1) is 11.7 Å². The third kappa shape index (κ3) is 4.91. The van der Waals surface area contributed by atoms with Crippen LogP contribution in [0.3, 0.4) is 0 Å². The number of carbonyl (C=O) groups excluding carboxylic acids is 2. The molecule has 0 spiro atoms. The lowest BCUT2D eigenvalue weighted by molar-refractivity contribution is 0.0918. The molecule has 166 valence electrons. The number of nitrogens with one attached hydrogen (secondary N) is 2. The van der Waals surface area contributed by atoms with Gasteiger partial charge in [0.2, 0.25) is 0 Å². The molecule has 3 aromatic rings. The first-order valence-corrected chi connectivity index (χ1v) is 10.8. The summed E-state index contributed by atoms with van der Waals surface area (Å²) in [6.45, 7) is 1.33. The minimum Gasteiger partial charge on any atom is -0.444 e. The van der Waals surface area contributed by atoms with Gasteiger partial charge in [-0.1, -0.05) is 6.07 Å². The van der Waals surface area contributed by atoms with Gasteiger partial charge in [-0.15, -0.1) is 0 Å². The zero-order valence-corrected chi connectivity index (χ0v) is 18.5. The lowest BCUT2D eigenvalue weighted by Gasteiger charge is -2.18. The number of carbonyl (C=O) groups is 2. The Morgan fingerprint density at radius 2 is 2.03 bits per heavy atom. The number of amides is 3. The van der Waals surface area contributed by atoms with E-state index in [0.29, 0.717) is 36.4 Å². The van der Waals surface area contributed by atoms with Crippen molar-refractivity contribution < 1.29 is 18.4 Å². The van der Waals surface area contributed by atoms with Crippen LogP contribution < -0.4 is 16.2 Å². The van der Waals surface area contributed by atoms with E-state index in [4.69, 9.17) is 4.42 Å². The molecule has 1 fully saturated rings. The van der Waals surface area contributed by atoms with Gasteiger partial charge in [0.1, 0.15) is 5.82 Å². The highest BCUT2D eigenvalue weighted by Gasteiger charge is 2.27. The van der Waals surface area contributed by atoms with E-state index < -0.39 is 11.8 Å². The fourth-order valence-corrected chi connectivity index (χ4v) is 3.84. The minimum absolute atomic E-state index is 0.0304. The van der Waals surface area contributed by atoms with Gasteiger partial charge in [0, 0.05) is 38.0 Å². The zero-order valence-electron chi connectivity index (χ0n) is 16.9. The Morgan fingerprint density at radius 3 is 2.75 bits per heavy atom. The fraction of sp³-hybridized carbons (Fsp3) is 0.227. The van der Waals surface area contributed by atoms with Crippen molar-refractivity contribution in [1.82, 2.24) is 14.8 Å². The molecule has 4 rings (SSSR count). The van der Waals surface area contributed by atoms with Crippen molar-refractivity contribution in [2.45, 2.75) is 6.42 Å². The largest absolute Gasteiger partial charge is 0.444 e. The number of hydrogen-bond acceptors (Lipinski definition) is 4. The lowest BCUT2D eigenvalue weighted by atomic mass is 10.1. The van der Waals surface area contributed by atoms with Crippen molar-refractivity contribution in [3.63, 3.8) is 0 Å². The smallest absolute Gasteiger partial charge is 0.321 e. The number of furan rings is 1. The minimum atomic E-state index is -0.640. The quantitative estimate of drug-likeness (QED) is 0.556. The molecule has 1 aromatic carbocycles. The molecule has 0 unspecified atom stereocenters. The maximum Gasteiger partial charge on any atom is 0.321 e. The Morgan fingerprint density at radius 1 is 1.19 bits per heavy atom. The zero-order chi connectivity index (χ0) is 22.7. The number of halogens is 2. The molecule has 0 saturated carbocycles. The van der Waals surface area contributed by atoms with E-state index in [1.807, 2.05) is 0 Å². The van der Waals surface area contributed by atoms with Crippen molar-refractivity contribution in [3.05, 3.63) is 81.3 Å². The van der Waals surface area contributed by atoms with E-state index in [-0.39, 0.29) is 28.8 Å². The number of aromatic nitrogens is 1. The summed E-state index contributed by atoms with van der Waals surface area (Å²) in [5.41, 5.74) is 0.119. The van der Waals surface area contributed by atoms with E-state index in [9.17, 15) is 18.8 Å². The highest BCUT2D eigenvalue weighted by Crippen LogP contribution is 2.21. The number of benzene rings is 1. The van der Waals surface area contributed by atoms with Gasteiger partial charge in [0.15, 0.2) is 10.4 Å². The van der Waals surface area contributed by atoms with Crippen LogP contribution in [0.25, 0.3) is 5.69 Å². The predicted octanol–water partition coefficient (Wildman–Crippen LogP) is 3.62. The van der Waals surface area contributed by atoms with Gasteiger partial charge < -0.3 is 20.0 Å². The summed E-state index contributed by atoms with van der Waals surface area (Å²) in [6.07, 6.45) is 2.26. The third-order valence-corrected chi connectivity index (χ3v) is 5.64. The second-order valence-corrected chi connectivity index (χ2v) is 8.20. The molecular formula is C22H20BrFN4O4. The molecule has 1 atom stereocenters. The molecule has 1 saturated heterocycles. The van der Waals surface area contributed by atoms with Gasteiger partial charge in [0.05, 0.1) is 11.4 Å². The van der Waals surface area contributed by atoms with Gasteiger partial charge in [-0.25, -0.2) is 9.18 Å². The summed E-state index contributed by atoms with van der Waals surface area (Å²) in [5.74, 6) is -0.668. The maximum atomic E-state index is 14.6. The molecule has 3 amide bonds. The first-order valence-electron chi connectivity index (χ1n) is 9.98. The number of likely N-dealkylation sites (tertiary alicyclic amines) is 1. The van der Waals surface area contributed by atoms with Crippen LogP contribution in [0.5, 0.6) is 0 Å². The molecule has 3 heterocycles. The van der Waals surface area contributed by atoms with Crippen LogP contribution in [0.1, 0.15) is 17.0 Å². The van der Waals surface area contributed by atoms with Gasteiger partial charge in [-0.2, -0.15) is 0 Å². The highest BCUT2D eigenvalue weighted by atomic mass is 79.9. The van der Waals surface area contributed by atoms with E-state index in [1.165, 1.54) is 22.8 Å². The summed E-state index contributed by atoms with van der Waals surface area (Å²) in [4.78, 5) is 38.1. The third-order valence-electron chi connectivity index (χ3n) is 5.22. The SMILES string of the molecule is O=C(NC[C@H]1CCN(C(=O)Nc2ccc(-n3ccccc3=O)cc2F)C1)c1ccc(Br)o1. The van der Waals surface area contributed by atoms with E-state index in [0.717, 1.165) is 0 Å². The molecule has 0 bridgehead atoms. The van der Waals surface area contributed by atoms with Crippen LogP contribution in [-0.4, -0.2) is 41.0 Å². The van der Waals surface area contributed by atoms with Crippen molar-refractivity contribution in [2.24, 2.45) is 5.92 Å². The molecule has 2 aromatic heterocycles. The van der Waals surface area contributed by atoms with Crippen LogP contribution >= 0.6 is 15.9 Å². The molecule has 1 aliphatic heterocycles. The summed E-state index contributed by atoms with van der Waals surface area (Å²) < 4.78 is 21.6. The van der Waals surface area contributed by atoms with Crippen LogP contribution in [0.15, 0.2) is 68.6 Å². The van der Waals surface area contributed by atoms with E-state index in [2.05, 4.69) is 26.6 Å². The lowest BCUT2D eigenvalue weighted by Crippen LogP contribution is -2.35. The molecule has 0 radical (unpaired) electrons. The molecular weight excluding hydrogens is 483 g/mol. The number of rotatable bonds is 5. The average molecular weight is 503 g/mol. The molecule has 8 nitrogen and oxygen atoms in total. The van der Waals surface area contributed by atoms with E-state index in [1.54, 1.807) is 41.4 Å². The van der Waals surface area contributed by atoms with Crippen molar-refractivity contribution in [2.75, 3.05) is 25.0 Å². The number of hydrogen-bond donors (Lipinski definition) is 2. The van der Waals surface area contributed by atoms with Gasteiger partial charge in [-0.05, 0) is 58.6 Å². The molecule has 10 heteroatoms. The summed E-state index contributed by atoms with van der Waals surface area (Å²) >= 11 is 3.15. The number of anilines is 1. The predicted molar refractivity (Wildman–Crippen MR) is 119 cm³/mol. The molecule has 32 heavy (non-hydrogen) atoms. The first kappa shape index (κ1) is 21.8. The fourth-order valence-electron chi connectivity index (χ4n) is 3.53. The standard InChI is InChI=1S/C22H20BrFN4O4/c23-19-7-6-18(32-19)21(30)25-12-14-8-10-27(13-14)22(31)26-17-5-4-15(11-16(17)24)28-9-2-1-3-20(28)29/h1-7,9,11,14H,8,10,12-13H2,(H,25,30)(H,26,31)/t14-/m1/s1. The van der Waals surface area contributed by atoms with E-state index >= 15 is 0 Å². The monoisotopic (exact) mass is 502 g/mol. The number of urea groups is 1. The second kappa shape index (κ2) is 9.39. The number of nitrogens with zero attached hydrogens (tertiary/aromatic N) is 2. The summed E-state index contributed by atoms with van der Waals surface area (Å²) in [6, 6.07) is 11.6. The summed E-state index contributed by atoms with van der Waals surface area (Å²) in [7, 11) is 0. The highest BCUT2D eigenvalue weighted by molar-refractivity contribution is 9.10. The normalized spacial score (nSPS) is 15.6. The van der Waals surface area contributed by atoms with Crippen LogP contribution in [0.4, 0.5) is 14.9 Å². The Kier molecular flexibility index (Phi) is 6.40. The van der Waals surface area contributed by atoms with Gasteiger partial charge >= 0.3 is 6.03 Å². The number of pyridine rings is 1. The Balaban J connectivity index is 1.32. The molecule has 1 aliphatic rings. The Hall–Kier alpha value is -3.40. The Labute approximate surface area is 191 Å². The average Bonchev–Trinajstić information content (AvgIpc) is 3.43. The van der Waals surface area contributed by atoms with Gasteiger partial charge in [0.25, 0.3) is 11.5 Å². The van der Waals surface area contributed by atoms with Crippen molar-refractivity contribution in [1.29, 1.82) is 0 Å². The molecule has 0 aliphatic carbocycles. The van der Waals surface area contributed by atoms with Gasteiger partial charge in [-0.3, -0.25) is 14.2 Å². The van der Waals surface area contributed by atoms with Crippen molar-refractivity contribution >= 4 is 33.6 Å². The molecule has 2 N–H and O–H groups in total. The van der Waals surface area contributed by atoms with Crippen molar-refractivity contribution in [3.8, 4) is 5.69 Å². The second-order valence-electron chi connectivity index (χ2n) is 7.42. The maximum absolute atomic E-state index is 14.6. The van der Waals surface area contributed by atoms with Crippen LogP contribution in [-0.2, 0) is 0 Å². The topological polar surface area (TPSA) is 96.6 Å². The van der Waals surface area contributed by atoms with Crippen LogP contribution in [0.2, 0.25) is 0 Å². The summed E-state index contributed by atoms with van der Waals surface area (Å²) in [5, 5.41) is 5.38. The first-order chi connectivity index (χ1) is 15.4. The Bertz CT molecular complexity index is 1210.